The number of aliphatic imine (C=N–C) groups is 1. The molecule has 0 unspecified atom stereocenters. The van der Waals surface area contributed by atoms with Gasteiger partial charge in [-0.2, -0.15) is 0 Å². The van der Waals surface area contributed by atoms with Gasteiger partial charge in [0.2, 0.25) is 6.33 Å². The van der Waals surface area contributed by atoms with Gasteiger partial charge < -0.3 is 0 Å². The van der Waals surface area contributed by atoms with Crippen LogP contribution in [0.4, 0.5) is 0 Å². The lowest BCUT2D eigenvalue weighted by atomic mass is 10.5. The molecule has 0 radical (unpaired) electrons. The highest BCUT2D eigenvalue weighted by molar-refractivity contribution is 5.78. The summed E-state index contributed by atoms with van der Waals surface area (Å²) in [7, 11) is 2.02. The third-order valence-electron chi connectivity index (χ3n) is 1.61. The first-order valence-corrected chi connectivity index (χ1v) is 4.17. The van der Waals surface area contributed by atoms with E-state index in [1.54, 1.807) is 0 Å². The maximum absolute atomic E-state index is 4.32. The van der Waals surface area contributed by atoms with Crippen LogP contribution in [0.3, 0.4) is 0 Å². The Balaban J connectivity index is 2.38. The van der Waals surface area contributed by atoms with Crippen LogP contribution < -0.4 is 4.57 Å². The summed E-state index contributed by atoms with van der Waals surface area (Å²) in [6.45, 7) is 5.88. The number of nitrogens with zero attached hydrogens (tertiary/aromatic N) is 3. The topological polar surface area (TPSA) is 21.2 Å². The summed E-state index contributed by atoms with van der Waals surface area (Å²) in [6, 6.07) is 0. The molecule has 0 atom stereocenters. The zero-order valence-corrected chi connectivity index (χ0v) is 7.99. The van der Waals surface area contributed by atoms with Gasteiger partial charge in [-0.05, 0) is 13.8 Å². The van der Waals surface area contributed by atoms with Crippen molar-refractivity contribution in [2.75, 3.05) is 6.54 Å². The van der Waals surface area contributed by atoms with E-state index in [0.29, 0.717) is 0 Å². The first-order chi connectivity index (χ1) is 5.68. The SMILES string of the molecule is CC(C)=NCCn1cc[n+](C)c1. The van der Waals surface area contributed by atoms with Gasteiger partial charge >= 0.3 is 0 Å². The van der Waals surface area contributed by atoms with Crippen molar-refractivity contribution in [1.29, 1.82) is 0 Å². The molecule has 0 N–H and O–H groups in total. The van der Waals surface area contributed by atoms with Crippen LogP contribution >= 0.6 is 0 Å². The maximum Gasteiger partial charge on any atom is 0.243 e. The second kappa shape index (κ2) is 4.04. The van der Waals surface area contributed by atoms with E-state index in [9.17, 15) is 0 Å². The highest BCUT2D eigenvalue weighted by Gasteiger charge is 1.97. The molecule has 0 aliphatic heterocycles. The normalized spacial score (nSPS) is 9.92. The summed E-state index contributed by atoms with van der Waals surface area (Å²) in [5, 5.41) is 0. The first kappa shape index (κ1) is 8.97. The summed E-state index contributed by atoms with van der Waals surface area (Å²) >= 11 is 0. The smallest absolute Gasteiger partial charge is 0.243 e. The van der Waals surface area contributed by atoms with Crippen LogP contribution in [0.25, 0.3) is 0 Å². The van der Waals surface area contributed by atoms with Gasteiger partial charge in [0.25, 0.3) is 0 Å². The summed E-state index contributed by atoms with van der Waals surface area (Å²) in [5.41, 5.74) is 1.14. The summed E-state index contributed by atoms with van der Waals surface area (Å²) < 4.78 is 4.16. The molecule has 1 rings (SSSR count). The highest BCUT2D eigenvalue weighted by Crippen LogP contribution is 1.85. The molecule has 0 spiro atoms. The van der Waals surface area contributed by atoms with Crippen molar-refractivity contribution in [1.82, 2.24) is 4.57 Å². The molecule has 0 bridgehead atoms. The number of hydrogen-bond donors (Lipinski definition) is 0. The van der Waals surface area contributed by atoms with E-state index in [1.165, 1.54) is 0 Å². The monoisotopic (exact) mass is 166 g/mol. The van der Waals surface area contributed by atoms with E-state index < -0.39 is 0 Å². The molecule has 1 aromatic heterocycles. The van der Waals surface area contributed by atoms with Gasteiger partial charge in [-0.15, -0.1) is 0 Å². The van der Waals surface area contributed by atoms with Gasteiger partial charge in [-0.3, -0.25) is 4.99 Å². The first-order valence-electron chi connectivity index (χ1n) is 4.17. The average Bonchev–Trinajstić information content (AvgIpc) is 2.35. The number of hydrogen-bond acceptors (Lipinski definition) is 1. The zero-order chi connectivity index (χ0) is 8.97. The van der Waals surface area contributed by atoms with Crippen molar-refractivity contribution in [2.45, 2.75) is 20.4 Å². The van der Waals surface area contributed by atoms with Crippen molar-refractivity contribution >= 4 is 5.71 Å². The van der Waals surface area contributed by atoms with Crippen molar-refractivity contribution in [3.05, 3.63) is 18.7 Å². The highest BCUT2D eigenvalue weighted by atomic mass is 15.1. The minimum Gasteiger partial charge on any atom is -0.291 e. The average molecular weight is 166 g/mol. The molecule has 0 fully saturated rings. The fourth-order valence-electron chi connectivity index (χ4n) is 1.02. The number of imidazole rings is 1. The van der Waals surface area contributed by atoms with Crippen LogP contribution in [-0.2, 0) is 13.6 Å². The Morgan fingerprint density at radius 2 is 2.25 bits per heavy atom. The molecule has 3 heteroatoms. The Labute approximate surface area is 73.4 Å². The van der Waals surface area contributed by atoms with Crippen LogP contribution in [0.5, 0.6) is 0 Å². The Morgan fingerprint density at radius 3 is 2.75 bits per heavy atom. The molecule has 12 heavy (non-hydrogen) atoms. The second-order valence-corrected chi connectivity index (χ2v) is 3.15. The second-order valence-electron chi connectivity index (χ2n) is 3.15. The molecule has 1 heterocycles. The molecule has 0 saturated heterocycles. The van der Waals surface area contributed by atoms with Gasteiger partial charge in [0, 0.05) is 5.71 Å². The van der Waals surface area contributed by atoms with Crippen molar-refractivity contribution in [2.24, 2.45) is 12.0 Å². The molecular formula is C9H16N3+. The van der Waals surface area contributed by atoms with Crippen molar-refractivity contribution in [3.63, 3.8) is 0 Å². The third kappa shape index (κ3) is 2.86. The number of aryl methyl sites for hydroxylation is 1. The van der Waals surface area contributed by atoms with E-state index in [-0.39, 0.29) is 0 Å². The van der Waals surface area contributed by atoms with Crippen LogP contribution in [-0.4, -0.2) is 16.8 Å². The minimum absolute atomic E-state index is 0.872. The minimum atomic E-state index is 0.872. The van der Waals surface area contributed by atoms with Gasteiger partial charge in [-0.25, -0.2) is 9.13 Å². The van der Waals surface area contributed by atoms with E-state index in [4.69, 9.17) is 0 Å². The predicted octanol–water partition coefficient (Wildman–Crippen LogP) is 0.793. The summed E-state index contributed by atoms with van der Waals surface area (Å²) in [6.07, 6.45) is 6.14. The molecule has 0 aliphatic carbocycles. The Kier molecular flexibility index (Phi) is 3.02. The molecule has 1 aromatic rings. The fourth-order valence-corrected chi connectivity index (χ4v) is 1.02. The zero-order valence-electron chi connectivity index (χ0n) is 7.99. The van der Waals surface area contributed by atoms with Gasteiger partial charge in [0.05, 0.1) is 13.6 Å². The summed E-state index contributed by atoms with van der Waals surface area (Å²) in [4.78, 5) is 4.32. The molecule has 0 aromatic carbocycles. The Bertz CT molecular complexity index is 269. The summed E-state index contributed by atoms with van der Waals surface area (Å²) in [5.74, 6) is 0. The van der Waals surface area contributed by atoms with Crippen LogP contribution in [0, 0.1) is 0 Å². The molecule has 66 valence electrons. The van der Waals surface area contributed by atoms with Gasteiger partial charge in [0.15, 0.2) is 0 Å². The van der Waals surface area contributed by atoms with Crippen LogP contribution in [0.1, 0.15) is 13.8 Å². The van der Waals surface area contributed by atoms with Gasteiger partial charge in [0.1, 0.15) is 18.9 Å². The number of rotatable bonds is 3. The maximum atomic E-state index is 4.32. The molecular weight excluding hydrogens is 150 g/mol. The number of aromatic nitrogens is 2. The quantitative estimate of drug-likeness (QED) is 0.468. The van der Waals surface area contributed by atoms with Crippen molar-refractivity contribution < 1.29 is 4.57 Å². The van der Waals surface area contributed by atoms with E-state index in [2.05, 4.69) is 22.1 Å². The molecule has 0 aliphatic rings. The van der Waals surface area contributed by atoms with E-state index in [0.717, 1.165) is 18.8 Å². The van der Waals surface area contributed by atoms with E-state index >= 15 is 0 Å². The molecule has 0 saturated carbocycles. The fraction of sp³-hybridized carbons (Fsp3) is 0.556. The lowest BCUT2D eigenvalue weighted by molar-refractivity contribution is -0.671. The lowest BCUT2D eigenvalue weighted by Crippen LogP contribution is -2.23. The standard InChI is InChI=1S/C9H16N3/c1-9(2)10-4-5-12-7-6-11(3)8-12/h6-8H,4-5H2,1-3H3/q+1. The third-order valence-corrected chi connectivity index (χ3v) is 1.61. The Hall–Kier alpha value is -1.12. The largest absolute Gasteiger partial charge is 0.291 e. The molecule has 3 nitrogen and oxygen atoms in total. The predicted molar refractivity (Wildman–Crippen MR) is 49.3 cm³/mol. The lowest BCUT2D eigenvalue weighted by Gasteiger charge is -1.92. The van der Waals surface area contributed by atoms with Crippen LogP contribution in [0.15, 0.2) is 23.7 Å². The Morgan fingerprint density at radius 1 is 1.50 bits per heavy atom. The molecule has 0 amide bonds. The van der Waals surface area contributed by atoms with E-state index in [1.807, 2.05) is 31.7 Å². The van der Waals surface area contributed by atoms with Gasteiger partial charge in [-0.1, -0.05) is 0 Å². The van der Waals surface area contributed by atoms with Crippen LogP contribution in [0.2, 0.25) is 0 Å². The van der Waals surface area contributed by atoms with Crippen molar-refractivity contribution in [3.8, 4) is 0 Å².